The predicted molar refractivity (Wildman–Crippen MR) is 76.9 cm³/mol. The minimum absolute atomic E-state index is 0.924. The van der Waals surface area contributed by atoms with Crippen LogP contribution in [0.3, 0.4) is 0 Å². The van der Waals surface area contributed by atoms with Crippen molar-refractivity contribution in [1.82, 2.24) is 15.1 Å². The number of rotatable bonds is 5. The van der Waals surface area contributed by atoms with Crippen LogP contribution in [0.2, 0.25) is 0 Å². The second-order valence-corrected chi connectivity index (χ2v) is 6.50. The first kappa shape index (κ1) is 13.7. The lowest BCUT2D eigenvalue weighted by atomic mass is 10.2. The second kappa shape index (κ2) is 7.62. The van der Waals surface area contributed by atoms with Gasteiger partial charge in [0.25, 0.3) is 0 Å². The minimum Gasteiger partial charge on any atom is -0.317 e. The van der Waals surface area contributed by atoms with Crippen molar-refractivity contribution >= 4 is 11.8 Å². The molecular weight excluding hydrogens is 230 g/mol. The van der Waals surface area contributed by atoms with E-state index in [1.807, 2.05) is 0 Å². The van der Waals surface area contributed by atoms with E-state index in [2.05, 4.69) is 33.8 Å². The normalized spacial score (nSPS) is 25.2. The summed E-state index contributed by atoms with van der Waals surface area (Å²) < 4.78 is 0. The van der Waals surface area contributed by atoms with Gasteiger partial charge in [0.2, 0.25) is 0 Å². The quantitative estimate of drug-likeness (QED) is 0.795. The van der Waals surface area contributed by atoms with Crippen LogP contribution >= 0.6 is 11.8 Å². The maximum atomic E-state index is 3.44. The standard InChI is InChI=1S/C13H27N3S/c1-2-15-7-9-16(10-8-15)11-12-17-13-3-5-14-6-4-13/h13-14H,2-12H2,1H3. The number of piperidine rings is 1. The van der Waals surface area contributed by atoms with Crippen molar-refractivity contribution in [2.75, 3.05) is 58.1 Å². The number of thioether (sulfide) groups is 1. The highest BCUT2D eigenvalue weighted by Gasteiger charge is 2.16. The van der Waals surface area contributed by atoms with Crippen LogP contribution < -0.4 is 5.32 Å². The molecule has 2 fully saturated rings. The molecule has 0 aliphatic carbocycles. The highest BCUT2D eigenvalue weighted by molar-refractivity contribution is 7.99. The van der Waals surface area contributed by atoms with Gasteiger partial charge in [-0.15, -0.1) is 0 Å². The van der Waals surface area contributed by atoms with Crippen molar-refractivity contribution in [3.05, 3.63) is 0 Å². The van der Waals surface area contributed by atoms with Crippen LogP contribution in [0.5, 0.6) is 0 Å². The summed E-state index contributed by atoms with van der Waals surface area (Å²) in [6.07, 6.45) is 2.74. The molecule has 0 radical (unpaired) electrons. The highest BCUT2D eigenvalue weighted by atomic mass is 32.2. The number of nitrogens with one attached hydrogen (secondary N) is 1. The van der Waals surface area contributed by atoms with Crippen molar-refractivity contribution in [2.45, 2.75) is 25.0 Å². The van der Waals surface area contributed by atoms with E-state index >= 15 is 0 Å². The third kappa shape index (κ3) is 4.78. The molecule has 0 amide bonds. The maximum Gasteiger partial charge on any atom is 0.0110 e. The fraction of sp³-hybridized carbons (Fsp3) is 1.00. The van der Waals surface area contributed by atoms with Crippen molar-refractivity contribution in [2.24, 2.45) is 0 Å². The zero-order valence-electron chi connectivity index (χ0n) is 11.2. The van der Waals surface area contributed by atoms with E-state index in [1.165, 1.54) is 71.0 Å². The van der Waals surface area contributed by atoms with Crippen LogP contribution in [-0.4, -0.2) is 73.2 Å². The van der Waals surface area contributed by atoms with Gasteiger partial charge < -0.3 is 10.2 Å². The van der Waals surface area contributed by atoms with Gasteiger partial charge in [0.1, 0.15) is 0 Å². The molecule has 0 aromatic carbocycles. The Hall–Kier alpha value is 0.230. The largest absolute Gasteiger partial charge is 0.317 e. The van der Waals surface area contributed by atoms with Crippen LogP contribution in [0.1, 0.15) is 19.8 Å². The summed E-state index contributed by atoms with van der Waals surface area (Å²) >= 11 is 2.20. The lowest BCUT2D eigenvalue weighted by Crippen LogP contribution is -2.46. The average molecular weight is 257 g/mol. The molecule has 0 spiro atoms. The Bertz CT molecular complexity index is 199. The van der Waals surface area contributed by atoms with E-state index in [0.717, 1.165) is 5.25 Å². The number of nitrogens with zero attached hydrogens (tertiary/aromatic N) is 2. The highest BCUT2D eigenvalue weighted by Crippen LogP contribution is 2.20. The van der Waals surface area contributed by atoms with E-state index in [1.54, 1.807) is 0 Å². The monoisotopic (exact) mass is 257 g/mol. The third-order valence-corrected chi connectivity index (χ3v) is 5.32. The van der Waals surface area contributed by atoms with Crippen LogP contribution in [0.4, 0.5) is 0 Å². The molecule has 0 atom stereocenters. The Balaban J connectivity index is 1.53. The first-order valence-corrected chi connectivity index (χ1v) is 8.20. The molecular formula is C13H27N3S. The van der Waals surface area contributed by atoms with Crippen molar-refractivity contribution < 1.29 is 0 Å². The summed E-state index contributed by atoms with van der Waals surface area (Å²) in [4.78, 5) is 5.19. The predicted octanol–water partition coefficient (Wildman–Crippen LogP) is 1.11. The van der Waals surface area contributed by atoms with Gasteiger partial charge >= 0.3 is 0 Å². The van der Waals surface area contributed by atoms with Gasteiger partial charge in [0, 0.05) is 43.7 Å². The summed E-state index contributed by atoms with van der Waals surface area (Å²) in [5.41, 5.74) is 0. The first-order chi connectivity index (χ1) is 8.38. The Morgan fingerprint density at radius 2 is 1.71 bits per heavy atom. The summed E-state index contributed by atoms with van der Waals surface area (Å²) in [6.45, 7) is 12.3. The summed E-state index contributed by atoms with van der Waals surface area (Å²) in [7, 11) is 0. The number of hydrogen-bond donors (Lipinski definition) is 1. The molecule has 17 heavy (non-hydrogen) atoms. The first-order valence-electron chi connectivity index (χ1n) is 7.15. The van der Waals surface area contributed by atoms with E-state index in [-0.39, 0.29) is 0 Å². The van der Waals surface area contributed by atoms with Crippen LogP contribution in [0.25, 0.3) is 0 Å². The molecule has 0 unspecified atom stereocenters. The number of piperazine rings is 1. The zero-order valence-corrected chi connectivity index (χ0v) is 12.0. The van der Waals surface area contributed by atoms with E-state index in [4.69, 9.17) is 0 Å². The molecule has 4 heteroatoms. The van der Waals surface area contributed by atoms with Gasteiger partial charge in [-0.05, 0) is 32.5 Å². The van der Waals surface area contributed by atoms with Gasteiger partial charge in [-0.1, -0.05) is 6.92 Å². The number of likely N-dealkylation sites (N-methyl/N-ethyl adjacent to an activating group) is 1. The van der Waals surface area contributed by atoms with E-state index in [9.17, 15) is 0 Å². The Morgan fingerprint density at radius 3 is 2.35 bits per heavy atom. The second-order valence-electron chi connectivity index (χ2n) is 5.10. The molecule has 3 nitrogen and oxygen atoms in total. The fourth-order valence-corrected chi connectivity index (χ4v) is 3.91. The lowest BCUT2D eigenvalue weighted by Gasteiger charge is -2.34. The minimum atomic E-state index is 0.924. The molecule has 100 valence electrons. The zero-order chi connectivity index (χ0) is 11.9. The number of hydrogen-bond acceptors (Lipinski definition) is 4. The van der Waals surface area contributed by atoms with Gasteiger partial charge in [-0.2, -0.15) is 11.8 Å². The SMILES string of the molecule is CCN1CCN(CCSC2CCNCC2)CC1. The van der Waals surface area contributed by atoms with Gasteiger partial charge in [-0.25, -0.2) is 0 Å². The molecule has 2 aliphatic rings. The molecule has 1 N–H and O–H groups in total. The topological polar surface area (TPSA) is 18.5 Å². The van der Waals surface area contributed by atoms with Gasteiger partial charge in [0.15, 0.2) is 0 Å². The molecule has 2 aliphatic heterocycles. The molecule has 0 saturated carbocycles. The van der Waals surface area contributed by atoms with Gasteiger partial charge in [-0.3, -0.25) is 4.90 Å². The summed E-state index contributed by atoms with van der Waals surface area (Å²) in [5.74, 6) is 1.33. The Morgan fingerprint density at radius 1 is 1.06 bits per heavy atom. The Kier molecular flexibility index (Phi) is 6.12. The van der Waals surface area contributed by atoms with Crippen LogP contribution in [0.15, 0.2) is 0 Å². The average Bonchev–Trinajstić information content (AvgIpc) is 2.41. The van der Waals surface area contributed by atoms with E-state index < -0.39 is 0 Å². The van der Waals surface area contributed by atoms with Gasteiger partial charge in [0.05, 0.1) is 0 Å². The third-order valence-electron chi connectivity index (χ3n) is 3.96. The van der Waals surface area contributed by atoms with Crippen molar-refractivity contribution in [3.63, 3.8) is 0 Å². The lowest BCUT2D eigenvalue weighted by molar-refractivity contribution is 0.143. The molecule has 2 heterocycles. The molecule has 0 aromatic rings. The van der Waals surface area contributed by atoms with E-state index in [0.29, 0.717) is 0 Å². The fourth-order valence-electron chi connectivity index (χ4n) is 2.64. The Labute approximate surface area is 110 Å². The maximum absolute atomic E-state index is 3.44. The summed E-state index contributed by atoms with van der Waals surface area (Å²) in [5, 5.41) is 4.36. The van der Waals surface area contributed by atoms with Crippen molar-refractivity contribution in [1.29, 1.82) is 0 Å². The van der Waals surface area contributed by atoms with Crippen molar-refractivity contribution in [3.8, 4) is 0 Å². The molecule has 0 bridgehead atoms. The smallest absolute Gasteiger partial charge is 0.0110 e. The van der Waals surface area contributed by atoms with Crippen LogP contribution in [0, 0.1) is 0 Å². The van der Waals surface area contributed by atoms with Crippen LogP contribution in [-0.2, 0) is 0 Å². The molecule has 0 aromatic heterocycles. The summed E-state index contributed by atoms with van der Waals surface area (Å²) in [6, 6.07) is 0. The molecule has 2 rings (SSSR count). The molecule has 2 saturated heterocycles.